The SMILES string of the molecule is O=C1[C@@H]2[C@@H](c3ccccc3[N+](=O)[O-])N(c3ccccc3)O[C@H]2C(=O)N1c1ccc([N+](=O)[O-])cc1. The molecule has 0 unspecified atom stereocenters. The summed E-state index contributed by atoms with van der Waals surface area (Å²) in [7, 11) is 0. The van der Waals surface area contributed by atoms with Crippen LogP contribution in [0.4, 0.5) is 22.7 Å². The molecule has 34 heavy (non-hydrogen) atoms. The predicted molar refractivity (Wildman–Crippen MR) is 119 cm³/mol. The van der Waals surface area contributed by atoms with E-state index in [0.717, 1.165) is 4.90 Å². The molecule has 3 aromatic carbocycles. The molecule has 2 saturated heterocycles. The van der Waals surface area contributed by atoms with Crippen LogP contribution in [0.15, 0.2) is 78.9 Å². The van der Waals surface area contributed by atoms with E-state index in [4.69, 9.17) is 4.84 Å². The fourth-order valence-corrected chi connectivity index (χ4v) is 4.41. The van der Waals surface area contributed by atoms with Gasteiger partial charge in [0.05, 0.1) is 26.8 Å². The number of hydroxylamine groups is 1. The summed E-state index contributed by atoms with van der Waals surface area (Å²) in [5.74, 6) is -2.32. The van der Waals surface area contributed by atoms with Crippen molar-refractivity contribution in [2.45, 2.75) is 12.1 Å². The maximum Gasteiger partial charge on any atom is 0.274 e. The number of imide groups is 1. The Morgan fingerprint density at radius 1 is 0.735 bits per heavy atom. The van der Waals surface area contributed by atoms with Crippen molar-refractivity contribution in [3.63, 3.8) is 0 Å². The van der Waals surface area contributed by atoms with Crippen molar-refractivity contribution in [3.05, 3.63) is 105 Å². The number of non-ortho nitro benzene ring substituents is 1. The number of carbonyl (C=O) groups is 2. The van der Waals surface area contributed by atoms with Gasteiger partial charge in [-0.1, -0.05) is 30.3 Å². The lowest BCUT2D eigenvalue weighted by Gasteiger charge is -2.28. The third-order valence-electron chi connectivity index (χ3n) is 5.90. The van der Waals surface area contributed by atoms with Gasteiger partial charge >= 0.3 is 0 Å². The van der Waals surface area contributed by atoms with Gasteiger partial charge in [-0.2, -0.15) is 0 Å². The van der Waals surface area contributed by atoms with Crippen molar-refractivity contribution in [3.8, 4) is 0 Å². The third-order valence-corrected chi connectivity index (χ3v) is 5.90. The van der Waals surface area contributed by atoms with Crippen LogP contribution < -0.4 is 9.96 Å². The molecule has 170 valence electrons. The lowest BCUT2D eigenvalue weighted by atomic mass is 9.89. The van der Waals surface area contributed by atoms with Crippen LogP contribution in [0.3, 0.4) is 0 Å². The van der Waals surface area contributed by atoms with Crippen LogP contribution in [0.1, 0.15) is 11.6 Å². The van der Waals surface area contributed by atoms with Gasteiger partial charge in [0.2, 0.25) is 5.91 Å². The van der Waals surface area contributed by atoms with E-state index in [-0.39, 0.29) is 22.6 Å². The average Bonchev–Trinajstić information content (AvgIpc) is 3.35. The van der Waals surface area contributed by atoms with Gasteiger partial charge in [-0.15, -0.1) is 0 Å². The summed E-state index contributed by atoms with van der Waals surface area (Å²) in [6, 6.07) is 18.8. The van der Waals surface area contributed by atoms with Crippen molar-refractivity contribution in [2.75, 3.05) is 9.96 Å². The molecule has 2 aliphatic rings. The summed E-state index contributed by atoms with van der Waals surface area (Å²) in [4.78, 5) is 55.3. The Kier molecular flexibility index (Phi) is 5.02. The molecule has 2 heterocycles. The van der Waals surface area contributed by atoms with Crippen molar-refractivity contribution < 1.29 is 24.3 Å². The zero-order chi connectivity index (χ0) is 24.0. The number of para-hydroxylation sites is 2. The van der Waals surface area contributed by atoms with Gasteiger partial charge in [-0.05, 0) is 30.3 Å². The zero-order valence-corrected chi connectivity index (χ0v) is 17.4. The van der Waals surface area contributed by atoms with Gasteiger partial charge in [0.15, 0.2) is 6.10 Å². The molecular weight excluding hydrogens is 444 g/mol. The molecule has 0 saturated carbocycles. The molecule has 2 amide bonds. The first-order chi connectivity index (χ1) is 16.4. The summed E-state index contributed by atoms with van der Waals surface area (Å²) in [5.41, 5.74) is 0.531. The normalized spacial score (nSPS) is 21.6. The number of nitro groups is 2. The minimum absolute atomic E-state index is 0.158. The molecule has 0 spiro atoms. The Morgan fingerprint density at radius 3 is 2.03 bits per heavy atom. The number of nitro benzene ring substituents is 2. The smallest absolute Gasteiger partial charge is 0.273 e. The number of fused-ring (bicyclic) bond motifs is 1. The van der Waals surface area contributed by atoms with Crippen LogP contribution in [-0.2, 0) is 14.4 Å². The molecular formula is C23H16N4O7. The lowest BCUT2D eigenvalue weighted by Crippen LogP contribution is -2.37. The van der Waals surface area contributed by atoms with E-state index in [9.17, 15) is 29.8 Å². The largest absolute Gasteiger partial charge is 0.274 e. The number of carbonyl (C=O) groups excluding carboxylic acids is 2. The molecule has 5 rings (SSSR count). The Labute approximate surface area is 192 Å². The van der Waals surface area contributed by atoms with Gasteiger partial charge in [-0.25, -0.2) is 9.96 Å². The van der Waals surface area contributed by atoms with E-state index in [1.807, 2.05) is 0 Å². The monoisotopic (exact) mass is 460 g/mol. The summed E-state index contributed by atoms with van der Waals surface area (Å²) in [5, 5.41) is 24.1. The van der Waals surface area contributed by atoms with Crippen molar-refractivity contribution in [2.24, 2.45) is 5.92 Å². The number of rotatable bonds is 5. The average molecular weight is 460 g/mol. The maximum atomic E-state index is 13.6. The number of hydrogen-bond donors (Lipinski definition) is 0. The second-order valence-electron chi connectivity index (χ2n) is 7.76. The Morgan fingerprint density at radius 2 is 1.38 bits per heavy atom. The molecule has 11 heteroatoms. The first-order valence-corrected chi connectivity index (χ1v) is 10.2. The van der Waals surface area contributed by atoms with Crippen LogP contribution in [0.5, 0.6) is 0 Å². The first kappa shape index (κ1) is 21.2. The highest BCUT2D eigenvalue weighted by molar-refractivity contribution is 6.24. The van der Waals surface area contributed by atoms with Gasteiger partial charge in [0.1, 0.15) is 12.0 Å². The van der Waals surface area contributed by atoms with Gasteiger partial charge in [0.25, 0.3) is 17.3 Å². The summed E-state index contributed by atoms with van der Waals surface area (Å²) in [6.45, 7) is 0. The van der Waals surface area contributed by atoms with E-state index in [1.54, 1.807) is 36.4 Å². The van der Waals surface area contributed by atoms with Crippen LogP contribution in [-0.4, -0.2) is 27.8 Å². The highest BCUT2D eigenvalue weighted by Gasteiger charge is 2.61. The number of anilines is 2. The van der Waals surface area contributed by atoms with E-state index in [2.05, 4.69) is 0 Å². The Hall–Kier alpha value is -4.64. The predicted octanol–water partition coefficient (Wildman–Crippen LogP) is 3.55. The number of benzene rings is 3. The molecule has 0 aliphatic carbocycles. The Bertz CT molecular complexity index is 1310. The zero-order valence-electron chi connectivity index (χ0n) is 17.4. The fourth-order valence-electron chi connectivity index (χ4n) is 4.41. The molecule has 11 nitrogen and oxygen atoms in total. The van der Waals surface area contributed by atoms with Crippen LogP contribution >= 0.6 is 0 Å². The number of hydrogen-bond acceptors (Lipinski definition) is 8. The number of amides is 2. The standard InChI is InChI=1S/C23H16N4O7/c28-22-19-20(17-8-4-5-9-18(17)27(32)33)25(15-6-2-1-3-7-15)34-21(19)23(29)24(22)14-10-12-16(13-11-14)26(30)31/h1-13,19-21H/t19-,20-,21-/m1/s1. The molecule has 0 N–H and O–H groups in total. The second-order valence-corrected chi connectivity index (χ2v) is 7.76. The Balaban J connectivity index is 1.60. The van der Waals surface area contributed by atoms with Crippen molar-refractivity contribution >= 4 is 34.6 Å². The van der Waals surface area contributed by atoms with E-state index in [1.165, 1.54) is 47.5 Å². The van der Waals surface area contributed by atoms with Crippen molar-refractivity contribution in [1.82, 2.24) is 0 Å². The molecule has 2 fully saturated rings. The topological polar surface area (TPSA) is 136 Å². The van der Waals surface area contributed by atoms with E-state index >= 15 is 0 Å². The summed E-state index contributed by atoms with van der Waals surface area (Å²) < 4.78 is 0. The fraction of sp³-hybridized carbons (Fsp3) is 0.130. The summed E-state index contributed by atoms with van der Waals surface area (Å²) >= 11 is 0. The first-order valence-electron chi connectivity index (χ1n) is 10.2. The van der Waals surface area contributed by atoms with Gasteiger partial charge in [0, 0.05) is 18.2 Å². The third kappa shape index (κ3) is 3.26. The molecule has 0 bridgehead atoms. The number of nitrogens with zero attached hydrogens (tertiary/aromatic N) is 4. The highest BCUT2D eigenvalue weighted by Crippen LogP contribution is 2.49. The second kappa shape index (κ2) is 8.05. The lowest BCUT2D eigenvalue weighted by molar-refractivity contribution is -0.385. The molecule has 3 aromatic rings. The quantitative estimate of drug-likeness (QED) is 0.320. The molecule has 2 aliphatic heterocycles. The minimum Gasteiger partial charge on any atom is -0.273 e. The molecule has 0 radical (unpaired) electrons. The van der Waals surface area contributed by atoms with Crippen molar-refractivity contribution in [1.29, 1.82) is 0 Å². The molecule has 0 aromatic heterocycles. The summed E-state index contributed by atoms with van der Waals surface area (Å²) in [6.07, 6.45) is -1.22. The van der Waals surface area contributed by atoms with Crippen LogP contribution in [0.2, 0.25) is 0 Å². The van der Waals surface area contributed by atoms with Gasteiger partial charge < -0.3 is 0 Å². The van der Waals surface area contributed by atoms with Gasteiger partial charge in [-0.3, -0.25) is 34.7 Å². The van der Waals surface area contributed by atoms with Crippen LogP contribution in [0.25, 0.3) is 0 Å². The maximum absolute atomic E-state index is 13.6. The van der Waals surface area contributed by atoms with E-state index < -0.39 is 39.7 Å². The van der Waals surface area contributed by atoms with Crippen LogP contribution in [0, 0.1) is 26.1 Å². The molecule has 3 atom stereocenters. The highest BCUT2D eigenvalue weighted by atomic mass is 16.7. The minimum atomic E-state index is -1.22. The van der Waals surface area contributed by atoms with E-state index in [0.29, 0.717) is 5.69 Å².